The van der Waals surface area contributed by atoms with Crippen LogP contribution in [0.15, 0.2) is 33.6 Å². The summed E-state index contributed by atoms with van der Waals surface area (Å²) in [6.45, 7) is 0. The third-order valence-electron chi connectivity index (χ3n) is 2.90. The Bertz CT molecular complexity index is 315. The van der Waals surface area contributed by atoms with Gasteiger partial charge in [-0.3, -0.25) is 0 Å². The second kappa shape index (κ2) is 11.2. The Hall–Kier alpha value is 0.400. The Morgan fingerprint density at radius 1 is 0.889 bits per heavy atom. The van der Waals surface area contributed by atoms with Crippen molar-refractivity contribution in [2.45, 2.75) is 49.8 Å². The molecular weight excluding hydrogens is 324 g/mol. The molecular formula is C15H23BrS2. The Balaban J connectivity index is 1.94. The van der Waals surface area contributed by atoms with Crippen LogP contribution in [0, 0.1) is 0 Å². The highest BCUT2D eigenvalue weighted by atomic mass is 79.9. The zero-order valence-corrected chi connectivity index (χ0v) is 14.2. The average Bonchev–Trinajstić information content (AvgIpc) is 2.39. The van der Waals surface area contributed by atoms with Gasteiger partial charge >= 0.3 is 0 Å². The van der Waals surface area contributed by atoms with Crippen LogP contribution in [0.2, 0.25) is 0 Å². The van der Waals surface area contributed by atoms with E-state index in [2.05, 4.69) is 52.8 Å². The normalized spacial score (nSPS) is 10.8. The van der Waals surface area contributed by atoms with Crippen LogP contribution in [0.4, 0.5) is 0 Å². The third kappa shape index (κ3) is 7.75. The Morgan fingerprint density at radius 2 is 1.50 bits per heavy atom. The Labute approximate surface area is 130 Å². The van der Waals surface area contributed by atoms with Gasteiger partial charge in [0.05, 0.1) is 0 Å². The molecule has 3 heteroatoms. The van der Waals surface area contributed by atoms with Gasteiger partial charge in [0.25, 0.3) is 0 Å². The van der Waals surface area contributed by atoms with Gasteiger partial charge in [0, 0.05) is 9.37 Å². The molecule has 0 N–H and O–H groups in total. The van der Waals surface area contributed by atoms with Gasteiger partial charge < -0.3 is 0 Å². The van der Waals surface area contributed by atoms with Crippen molar-refractivity contribution in [3.05, 3.63) is 28.7 Å². The summed E-state index contributed by atoms with van der Waals surface area (Å²) < 4.78 is 1.22. The van der Waals surface area contributed by atoms with Crippen LogP contribution < -0.4 is 0 Å². The predicted octanol–water partition coefficient (Wildman–Crippen LogP) is 6.20. The van der Waals surface area contributed by atoms with Crippen molar-refractivity contribution in [1.29, 1.82) is 0 Å². The summed E-state index contributed by atoms with van der Waals surface area (Å²) in [5, 5.41) is 0. The van der Waals surface area contributed by atoms with Crippen LogP contribution in [0.5, 0.6) is 0 Å². The topological polar surface area (TPSA) is 0 Å². The maximum atomic E-state index is 4.23. The molecule has 0 saturated heterocycles. The molecule has 0 saturated carbocycles. The summed E-state index contributed by atoms with van der Waals surface area (Å²) in [7, 11) is 0. The zero-order valence-electron chi connectivity index (χ0n) is 10.9. The fourth-order valence-electron chi connectivity index (χ4n) is 1.84. The van der Waals surface area contributed by atoms with Gasteiger partial charge in [-0.25, -0.2) is 0 Å². The first-order chi connectivity index (χ1) is 8.84. The Morgan fingerprint density at radius 3 is 2.17 bits per heavy atom. The van der Waals surface area contributed by atoms with Gasteiger partial charge in [-0.2, -0.15) is 12.6 Å². The van der Waals surface area contributed by atoms with Crippen molar-refractivity contribution in [2.24, 2.45) is 0 Å². The maximum absolute atomic E-state index is 4.23. The molecule has 0 aliphatic rings. The molecule has 0 aliphatic carbocycles. The molecule has 1 aromatic carbocycles. The third-order valence-corrected chi connectivity index (χ3v) is 5.33. The lowest BCUT2D eigenvalue weighted by molar-refractivity contribution is 0.605. The standard InChI is InChI=1S/C15H23BrS2/c16-14-10-6-7-11-15(14)18-13-9-5-3-1-2-4-8-12-17/h6-7,10-11,17H,1-5,8-9,12-13H2. The van der Waals surface area contributed by atoms with Gasteiger partial charge in [0.1, 0.15) is 0 Å². The number of hydrogen-bond acceptors (Lipinski definition) is 2. The van der Waals surface area contributed by atoms with Crippen molar-refractivity contribution in [3.63, 3.8) is 0 Å². The number of thioether (sulfide) groups is 1. The van der Waals surface area contributed by atoms with Crippen LogP contribution >= 0.6 is 40.3 Å². The molecule has 102 valence electrons. The highest BCUT2D eigenvalue weighted by Gasteiger charge is 1.98. The van der Waals surface area contributed by atoms with E-state index in [0.717, 1.165) is 5.75 Å². The first-order valence-corrected chi connectivity index (χ1v) is 9.24. The van der Waals surface area contributed by atoms with Gasteiger partial charge in [0.15, 0.2) is 0 Å². The van der Waals surface area contributed by atoms with E-state index < -0.39 is 0 Å². The summed E-state index contributed by atoms with van der Waals surface area (Å²) in [5.74, 6) is 2.28. The Kier molecular flexibility index (Phi) is 10.3. The van der Waals surface area contributed by atoms with E-state index >= 15 is 0 Å². The van der Waals surface area contributed by atoms with Crippen LogP contribution in [-0.2, 0) is 0 Å². The van der Waals surface area contributed by atoms with E-state index in [-0.39, 0.29) is 0 Å². The van der Waals surface area contributed by atoms with E-state index in [9.17, 15) is 0 Å². The minimum atomic E-state index is 1.04. The average molecular weight is 347 g/mol. The van der Waals surface area contributed by atoms with Gasteiger partial charge in [-0.1, -0.05) is 44.2 Å². The molecule has 0 fully saturated rings. The van der Waals surface area contributed by atoms with Crippen LogP contribution in [0.1, 0.15) is 44.9 Å². The second-order valence-electron chi connectivity index (χ2n) is 4.48. The van der Waals surface area contributed by atoms with Crippen molar-refractivity contribution < 1.29 is 0 Å². The van der Waals surface area contributed by atoms with E-state index in [4.69, 9.17) is 0 Å². The zero-order chi connectivity index (χ0) is 13.1. The van der Waals surface area contributed by atoms with Crippen LogP contribution in [-0.4, -0.2) is 11.5 Å². The van der Waals surface area contributed by atoms with E-state index in [0.29, 0.717) is 0 Å². The summed E-state index contributed by atoms with van der Waals surface area (Å²) in [6.07, 6.45) is 9.52. The SMILES string of the molecule is SCCCCCCCCCSc1ccccc1Br. The predicted molar refractivity (Wildman–Crippen MR) is 91.0 cm³/mol. The number of rotatable bonds is 10. The monoisotopic (exact) mass is 346 g/mol. The molecule has 0 aliphatic heterocycles. The molecule has 0 bridgehead atoms. The molecule has 0 unspecified atom stereocenters. The highest BCUT2D eigenvalue weighted by molar-refractivity contribution is 9.10. The number of thiol groups is 1. The molecule has 0 spiro atoms. The maximum Gasteiger partial charge on any atom is 0.0311 e. The van der Waals surface area contributed by atoms with E-state index in [1.165, 1.54) is 60.1 Å². The number of halogens is 1. The van der Waals surface area contributed by atoms with Gasteiger partial charge in [0.2, 0.25) is 0 Å². The second-order valence-corrected chi connectivity index (χ2v) is 6.92. The van der Waals surface area contributed by atoms with Crippen molar-refractivity contribution >= 4 is 40.3 Å². The minimum absolute atomic E-state index is 1.04. The minimum Gasteiger partial charge on any atom is -0.179 e. The summed E-state index contributed by atoms with van der Waals surface area (Å²) >= 11 is 9.78. The van der Waals surface area contributed by atoms with Crippen molar-refractivity contribution in [3.8, 4) is 0 Å². The molecule has 1 aromatic rings. The first-order valence-electron chi connectivity index (χ1n) is 6.83. The number of unbranched alkanes of at least 4 members (excludes halogenated alkanes) is 6. The molecule has 0 amide bonds. The molecule has 1 rings (SSSR count). The molecule has 0 radical (unpaired) electrons. The summed E-state index contributed by atoms with van der Waals surface area (Å²) in [4.78, 5) is 1.37. The van der Waals surface area contributed by atoms with Crippen molar-refractivity contribution in [2.75, 3.05) is 11.5 Å². The lowest BCUT2D eigenvalue weighted by Gasteiger charge is -2.04. The lowest BCUT2D eigenvalue weighted by atomic mass is 10.1. The van der Waals surface area contributed by atoms with Gasteiger partial charge in [-0.05, 0) is 52.4 Å². The quantitative estimate of drug-likeness (QED) is 0.299. The van der Waals surface area contributed by atoms with Crippen LogP contribution in [0.25, 0.3) is 0 Å². The summed E-state index contributed by atoms with van der Waals surface area (Å²) in [6, 6.07) is 8.48. The van der Waals surface area contributed by atoms with Gasteiger partial charge in [-0.15, -0.1) is 11.8 Å². The fourth-order valence-corrected chi connectivity index (χ4v) is 3.64. The largest absolute Gasteiger partial charge is 0.179 e. The van der Waals surface area contributed by atoms with E-state index in [1.54, 1.807) is 0 Å². The smallest absolute Gasteiger partial charge is 0.0311 e. The molecule has 0 aromatic heterocycles. The van der Waals surface area contributed by atoms with Crippen molar-refractivity contribution in [1.82, 2.24) is 0 Å². The van der Waals surface area contributed by atoms with Crippen LogP contribution in [0.3, 0.4) is 0 Å². The molecule has 0 heterocycles. The molecule has 0 nitrogen and oxygen atoms in total. The molecule has 0 atom stereocenters. The number of hydrogen-bond donors (Lipinski definition) is 1. The fraction of sp³-hybridized carbons (Fsp3) is 0.600. The highest BCUT2D eigenvalue weighted by Crippen LogP contribution is 2.27. The molecule has 18 heavy (non-hydrogen) atoms. The summed E-state index contributed by atoms with van der Waals surface area (Å²) in [5.41, 5.74) is 0. The number of benzene rings is 1. The van der Waals surface area contributed by atoms with E-state index in [1.807, 2.05) is 11.8 Å². The lowest BCUT2D eigenvalue weighted by Crippen LogP contribution is -1.84. The first kappa shape index (κ1) is 16.5.